The minimum Gasteiger partial charge on any atom is -0.352 e. The van der Waals surface area contributed by atoms with E-state index in [4.69, 9.17) is 5.73 Å². The van der Waals surface area contributed by atoms with Gasteiger partial charge in [0.05, 0.1) is 5.92 Å². The van der Waals surface area contributed by atoms with Crippen LogP contribution in [0.2, 0.25) is 0 Å². The number of nitrogens with zero attached hydrogens (tertiary/aromatic N) is 1. The zero-order valence-electron chi connectivity index (χ0n) is 13.5. The van der Waals surface area contributed by atoms with E-state index in [9.17, 15) is 4.79 Å². The molecule has 4 nitrogen and oxygen atoms in total. The van der Waals surface area contributed by atoms with Gasteiger partial charge in [0.25, 0.3) is 0 Å². The first kappa shape index (κ1) is 15.5. The van der Waals surface area contributed by atoms with Crippen LogP contribution in [0, 0.1) is 5.92 Å². The Bertz CT molecular complexity index is 514. The standard InChI is InChI=1S/C18H27N3O/c1-12-10-15(11-21(12)16-8-9-16)20-18(22)13(2)17(19)14-6-4-3-5-7-14/h3-7,12-13,15-17H,8-11,19H2,1-2H3,(H,20,22). The second kappa shape index (κ2) is 6.39. The van der Waals surface area contributed by atoms with E-state index in [0.29, 0.717) is 6.04 Å². The molecule has 2 aliphatic rings. The van der Waals surface area contributed by atoms with Crippen LogP contribution < -0.4 is 11.1 Å². The first-order valence-corrected chi connectivity index (χ1v) is 8.43. The largest absolute Gasteiger partial charge is 0.352 e. The van der Waals surface area contributed by atoms with E-state index in [-0.39, 0.29) is 23.9 Å². The van der Waals surface area contributed by atoms with Gasteiger partial charge in [-0.05, 0) is 31.7 Å². The number of benzene rings is 1. The number of hydrogen-bond acceptors (Lipinski definition) is 3. The van der Waals surface area contributed by atoms with E-state index in [0.717, 1.165) is 24.6 Å². The van der Waals surface area contributed by atoms with Crippen molar-refractivity contribution in [3.05, 3.63) is 35.9 Å². The summed E-state index contributed by atoms with van der Waals surface area (Å²) in [6.45, 7) is 5.18. The first-order valence-electron chi connectivity index (χ1n) is 8.43. The fraction of sp³-hybridized carbons (Fsp3) is 0.611. The fourth-order valence-electron chi connectivity index (χ4n) is 3.54. The topological polar surface area (TPSA) is 58.4 Å². The molecule has 0 aromatic heterocycles. The van der Waals surface area contributed by atoms with Crippen LogP contribution in [0.15, 0.2) is 30.3 Å². The van der Waals surface area contributed by atoms with Crippen LogP contribution >= 0.6 is 0 Å². The molecule has 3 rings (SSSR count). The quantitative estimate of drug-likeness (QED) is 0.875. The summed E-state index contributed by atoms with van der Waals surface area (Å²) in [6.07, 6.45) is 3.69. The summed E-state index contributed by atoms with van der Waals surface area (Å²) in [5, 5.41) is 3.21. The predicted octanol–water partition coefficient (Wildman–Crippen LogP) is 2.06. The molecule has 0 bridgehead atoms. The Balaban J connectivity index is 1.55. The van der Waals surface area contributed by atoms with Crippen molar-refractivity contribution in [1.82, 2.24) is 10.2 Å². The minimum absolute atomic E-state index is 0.0752. The van der Waals surface area contributed by atoms with Crippen molar-refractivity contribution in [2.45, 2.75) is 57.3 Å². The van der Waals surface area contributed by atoms with Gasteiger partial charge in [0.1, 0.15) is 0 Å². The van der Waals surface area contributed by atoms with Crippen LogP contribution in [0.25, 0.3) is 0 Å². The number of rotatable bonds is 5. The third-order valence-electron chi connectivity index (χ3n) is 5.12. The predicted molar refractivity (Wildman–Crippen MR) is 88.3 cm³/mol. The van der Waals surface area contributed by atoms with E-state index < -0.39 is 0 Å². The van der Waals surface area contributed by atoms with E-state index in [2.05, 4.69) is 17.1 Å². The summed E-state index contributed by atoms with van der Waals surface area (Å²) >= 11 is 0. The van der Waals surface area contributed by atoms with Gasteiger partial charge < -0.3 is 11.1 Å². The minimum atomic E-state index is -0.250. The zero-order chi connectivity index (χ0) is 15.7. The van der Waals surface area contributed by atoms with Gasteiger partial charge in [-0.1, -0.05) is 37.3 Å². The van der Waals surface area contributed by atoms with Gasteiger partial charge in [-0.3, -0.25) is 9.69 Å². The molecule has 0 radical (unpaired) electrons. The van der Waals surface area contributed by atoms with Crippen LogP contribution in [0.3, 0.4) is 0 Å². The maximum Gasteiger partial charge on any atom is 0.225 e. The van der Waals surface area contributed by atoms with Gasteiger partial charge in [-0.2, -0.15) is 0 Å². The number of likely N-dealkylation sites (tertiary alicyclic amines) is 1. The molecule has 2 fully saturated rings. The molecule has 4 atom stereocenters. The van der Waals surface area contributed by atoms with Crippen molar-refractivity contribution in [2.75, 3.05) is 6.54 Å². The van der Waals surface area contributed by atoms with Crippen molar-refractivity contribution >= 4 is 5.91 Å². The van der Waals surface area contributed by atoms with Gasteiger partial charge in [0.15, 0.2) is 0 Å². The van der Waals surface area contributed by atoms with Crippen molar-refractivity contribution in [3.8, 4) is 0 Å². The van der Waals surface area contributed by atoms with E-state index in [1.807, 2.05) is 37.3 Å². The highest BCUT2D eigenvalue weighted by atomic mass is 16.2. The lowest BCUT2D eigenvalue weighted by Crippen LogP contribution is -2.42. The molecular weight excluding hydrogens is 274 g/mol. The third-order valence-corrected chi connectivity index (χ3v) is 5.12. The molecule has 1 saturated heterocycles. The average Bonchev–Trinajstić information content (AvgIpc) is 3.30. The van der Waals surface area contributed by atoms with E-state index in [1.165, 1.54) is 12.8 Å². The zero-order valence-corrected chi connectivity index (χ0v) is 13.5. The van der Waals surface area contributed by atoms with Crippen LogP contribution in [-0.2, 0) is 4.79 Å². The second-order valence-corrected chi connectivity index (χ2v) is 6.94. The molecule has 1 saturated carbocycles. The normalized spacial score (nSPS) is 28.3. The smallest absolute Gasteiger partial charge is 0.225 e. The Kier molecular flexibility index (Phi) is 4.50. The molecule has 22 heavy (non-hydrogen) atoms. The Morgan fingerprint density at radius 1 is 1.32 bits per heavy atom. The Morgan fingerprint density at radius 3 is 2.64 bits per heavy atom. The molecule has 0 spiro atoms. The van der Waals surface area contributed by atoms with Gasteiger partial charge in [0.2, 0.25) is 5.91 Å². The van der Waals surface area contributed by atoms with Crippen LogP contribution in [0.1, 0.15) is 44.7 Å². The molecule has 1 aromatic carbocycles. The van der Waals surface area contributed by atoms with Gasteiger partial charge >= 0.3 is 0 Å². The van der Waals surface area contributed by atoms with E-state index >= 15 is 0 Å². The lowest BCUT2D eigenvalue weighted by molar-refractivity contribution is -0.125. The maximum atomic E-state index is 12.5. The third kappa shape index (κ3) is 3.33. The number of carbonyl (C=O) groups is 1. The van der Waals surface area contributed by atoms with E-state index in [1.54, 1.807) is 0 Å². The first-order chi connectivity index (χ1) is 10.6. The molecule has 1 aliphatic heterocycles. The van der Waals surface area contributed by atoms with Gasteiger partial charge in [-0.15, -0.1) is 0 Å². The van der Waals surface area contributed by atoms with Crippen molar-refractivity contribution in [3.63, 3.8) is 0 Å². The molecule has 1 aliphatic carbocycles. The highest BCUT2D eigenvalue weighted by Crippen LogP contribution is 2.33. The summed E-state index contributed by atoms with van der Waals surface area (Å²) in [7, 11) is 0. The number of hydrogen-bond donors (Lipinski definition) is 2. The molecule has 1 aromatic rings. The monoisotopic (exact) mass is 301 g/mol. The van der Waals surface area contributed by atoms with Gasteiger partial charge in [-0.25, -0.2) is 0 Å². The Morgan fingerprint density at radius 2 is 2.00 bits per heavy atom. The molecule has 120 valence electrons. The fourth-order valence-corrected chi connectivity index (χ4v) is 3.54. The SMILES string of the molecule is CC(C(=O)NC1CC(C)N(C2CC2)C1)C(N)c1ccccc1. The molecule has 4 unspecified atom stereocenters. The number of nitrogens with one attached hydrogen (secondary N) is 1. The lowest BCUT2D eigenvalue weighted by Gasteiger charge is -2.22. The molecular formula is C18H27N3O. The van der Waals surface area contributed by atoms with Crippen molar-refractivity contribution < 1.29 is 4.79 Å². The highest BCUT2D eigenvalue weighted by molar-refractivity contribution is 5.79. The van der Waals surface area contributed by atoms with Crippen molar-refractivity contribution in [1.29, 1.82) is 0 Å². The number of amides is 1. The summed E-state index contributed by atoms with van der Waals surface area (Å²) in [5.74, 6) is -0.140. The van der Waals surface area contributed by atoms with Crippen LogP contribution in [-0.4, -0.2) is 35.5 Å². The molecule has 1 heterocycles. The Labute approximate surface area is 133 Å². The van der Waals surface area contributed by atoms with Gasteiger partial charge in [0, 0.05) is 30.7 Å². The summed E-state index contributed by atoms with van der Waals surface area (Å²) in [6, 6.07) is 11.2. The number of nitrogens with two attached hydrogens (primary N) is 1. The Hall–Kier alpha value is -1.39. The van der Waals surface area contributed by atoms with Crippen molar-refractivity contribution in [2.24, 2.45) is 11.7 Å². The lowest BCUT2D eigenvalue weighted by atomic mass is 9.94. The van der Waals surface area contributed by atoms with Crippen LogP contribution in [0.4, 0.5) is 0 Å². The highest BCUT2D eigenvalue weighted by Gasteiger charge is 2.39. The molecule has 3 N–H and O–H groups in total. The summed E-state index contributed by atoms with van der Waals surface area (Å²) in [4.78, 5) is 15.1. The summed E-state index contributed by atoms with van der Waals surface area (Å²) in [5.41, 5.74) is 7.27. The maximum absolute atomic E-state index is 12.5. The second-order valence-electron chi connectivity index (χ2n) is 6.94. The molecule has 1 amide bonds. The summed E-state index contributed by atoms with van der Waals surface area (Å²) < 4.78 is 0. The average molecular weight is 301 g/mol. The number of carbonyl (C=O) groups excluding carboxylic acids is 1. The van der Waals surface area contributed by atoms with Crippen LogP contribution in [0.5, 0.6) is 0 Å². The molecule has 4 heteroatoms.